The fraction of sp³-hybridized carbons (Fsp3) is 0. The van der Waals surface area contributed by atoms with E-state index in [-0.39, 0.29) is 0 Å². The van der Waals surface area contributed by atoms with Crippen molar-refractivity contribution < 1.29 is 4.99 Å². The molecule has 0 atom stereocenters. The second-order valence-electron chi connectivity index (χ2n) is 3.21. The number of rotatable bonds is 2. The molecule has 74 valence electrons. The van der Waals surface area contributed by atoms with E-state index >= 15 is 0 Å². The van der Waals surface area contributed by atoms with Crippen LogP contribution in [0.2, 0.25) is 5.02 Å². The fourth-order valence-corrected chi connectivity index (χ4v) is 1.39. The molecule has 2 aromatic rings. The lowest BCUT2D eigenvalue weighted by molar-refractivity contribution is -0.346. The number of nitrogens with one attached hydrogen (secondary N) is 1. The Morgan fingerprint density at radius 3 is 2.20 bits per heavy atom. The lowest BCUT2D eigenvalue weighted by Crippen LogP contribution is -2.61. The highest BCUT2D eigenvalue weighted by Crippen LogP contribution is 2.08. The van der Waals surface area contributed by atoms with Crippen molar-refractivity contribution in [3.8, 4) is 0 Å². The van der Waals surface area contributed by atoms with Gasteiger partial charge in [0.25, 0.3) is 0 Å². The predicted molar refractivity (Wildman–Crippen MR) is 63.7 cm³/mol. The van der Waals surface area contributed by atoms with Crippen LogP contribution >= 0.6 is 11.6 Å². The summed E-state index contributed by atoms with van der Waals surface area (Å²) >= 11 is 5.79. The van der Waals surface area contributed by atoms with E-state index in [1.807, 2.05) is 60.8 Å². The van der Waals surface area contributed by atoms with Crippen LogP contribution in [0.4, 0.5) is 5.69 Å². The maximum absolute atomic E-state index is 5.79. The maximum Gasteiger partial charge on any atom is 0.203 e. The van der Waals surface area contributed by atoms with Crippen molar-refractivity contribution >= 4 is 23.5 Å². The molecule has 0 amide bonds. The van der Waals surface area contributed by atoms with Gasteiger partial charge in [0.15, 0.2) is 6.21 Å². The molecule has 0 bridgehead atoms. The zero-order valence-corrected chi connectivity index (χ0v) is 8.91. The Morgan fingerprint density at radius 1 is 0.867 bits per heavy atom. The molecule has 0 aliphatic rings. The first-order chi connectivity index (χ1) is 7.34. The first-order valence-corrected chi connectivity index (χ1v) is 5.13. The first kappa shape index (κ1) is 9.94. The molecular formula is C13H11ClN+. The summed E-state index contributed by atoms with van der Waals surface area (Å²) in [5, 5.41) is 0.750. The van der Waals surface area contributed by atoms with Crippen LogP contribution in [0.5, 0.6) is 0 Å². The van der Waals surface area contributed by atoms with Crippen molar-refractivity contribution in [3.63, 3.8) is 0 Å². The third kappa shape index (κ3) is 2.93. The van der Waals surface area contributed by atoms with Crippen LogP contribution in [0.25, 0.3) is 0 Å². The molecule has 0 radical (unpaired) electrons. The largest absolute Gasteiger partial charge is 0.211 e. The Morgan fingerprint density at radius 2 is 1.53 bits per heavy atom. The lowest BCUT2D eigenvalue weighted by Gasteiger charge is -1.88. The van der Waals surface area contributed by atoms with E-state index in [1.54, 1.807) is 0 Å². The van der Waals surface area contributed by atoms with Crippen molar-refractivity contribution in [1.82, 2.24) is 0 Å². The molecule has 2 heteroatoms. The quantitative estimate of drug-likeness (QED) is 0.740. The van der Waals surface area contributed by atoms with Crippen LogP contribution in [0.1, 0.15) is 5.56 Å². The summed E-state index contributed by atoms with van der Waals surface area (Å²) in [5.41, 5.74) is 2.18. The fourth-order valence-electron chi connectivity index (χ4n) is 1.26. The van der Waals surface area contributed by atoms with Gasteiger partial charge in [-0.2, -0.15) is 0 Å². The van der Waals surface area contributed by atoms with Gasteiger partial charge in [0.05, 0.1) is 0 Å². The second kappa shape index (κ2) is 4.76. The van der Waals surface area contributed by atoms with Gasteiger partial charge in [-0.3, -0.25) is 0 Å². The molecule has 1 nitrogen and oxygen atoms in total. The molecule has 0 aliphatic heterocycles. The third-order valence-electron chi connectivity index (χ3n) is 2.05. The van der Waals surface area contributed by atoms with Crippen LogP contribution < -0.4 is 4.99 Å². The highest BCUT2D eigenvalue weighted by molar-refractivity contribution is 6.30. The summed E-state index contributed by atoms with van der Waals surface area (Å²) < 4.78 is 0. The SMILES string of the molecule is Clc1ccc([NH+]=Cc2ccccc2)cc1. The summed E-state index contributed by atoms with van der Waals surface area (Å²) in [6.45, 7) is 0. The normalized spacial score (nSPS) is 10.7. The molecule has 2 rings (SSSR count). The van der Waals surface area contributed by atoms with Crippen LogP contribution in [-0.4, -0.2) is 6.21 Å². The second-order valence-corrected chi connectivity index (χ2v) is 3.64. The van der Waals surface area contributed by atoms with Crippen molar-refractivity contribution in [2.45, 2.75) is 0 Å². The van der Waals surface area contributed by atoms with Crippen molar-refractivity contribution in [3.05, 3.63) is 65.2 Å². The van der Waals surface area contributed by atoms with E-state index in [2.05, 4.69) is 4.99 Å². The van der Waals surface area contributed by atoms with E-state index in [4.69, 9.17) is 11.6 Å². The monoisotopic (exact) mass is 216 g/mol. The Labute approximate surface area is 94.1 Å². The molecule has 0 heterocycles. The van der Waals surface area contributed by atoms with Crippen molar-refractivity contribution in [1.29, 1.82) is 0 Å². The van der Waals surface area contributed by atoms with Gasteiger partial charge in [-0.15, -0.1) is 0 Å². The maximum atomic E-state index is 5.79. The molecule has 15 heavy (non-hydrogen) atoms. The van der Waals surface area contributed by atoms with Crippen molar-refractivity contribution in [2.24, 2.45) is 0 Å². The van der Waals surface area contributed by atoms with Crippen LogP contribution in [0.15, 0.2) is 54.6 Å². The molecule has 0 aromatic heterocycles. The van der Waals surface area contributed by atoms with Crippen molar-refractivity contribution in [2.75, 3.05) is 0 Å². The lowest BCUT2D eigenvalue weighted by atomic mass is 10.2. The molecule has 0 fully saturated rings. The molecular weight excluding hydrogens is 206 g/mol. The van der Waals surface area contributed by atoms with Gasteiger partial charge < -0.3 is 0 Å². The Balaban J connectivity index is 2.15. The van der Waals surface area contributed by atoms with E-state index in [0.29, 0.717) is 0 Å². The topological polar surface area (TPSA) is 14.0 Å². The molecule has 0 saturated carbocycles. The van der Waals surface area contributed by atoms with E-state index in [0.717, 1.165) is 16.3 Å². The summed E-state index contributed by atoms with van der Waals surface area (Å²) in [7, 11) is 0. The summed E-state index contributed by atoms with van der Waals surface area (Å²) in [6, 6.07) is 17.7. The van der Waals surface area contributed by atoms with Crippen LogP contribution in [-0.2, 0) is 0 Å². The van der Waals surface area contributed by atoms with Gasteiger partial charge in [-0.05, 0) is 24.3 Å². The van der Waals surface area contributed by atoms with Gasteiger partial charge in [0.1, 0.15) is 0 Å². The van der Waals surface area contributed by atoms with Gasteiger partial charge in [-0.1, -0.05) is 29.8 Å². The minimum absolute atomic E-state index is 0.750. The standard InChI is InChI=1S/C13H10ClN/c14-12-6-8-13(9-7-12)15-10-11-4-2-1-3-5-11/h1-10H/p+1. The van der Waals surface area contributed by atoms with Gasteiger partial charge in [0, 0.05) is 22.7 Å². The van der Waals surface area contributed by atoms with E-state index in [1.165, 1.54) is 0 Å². The zero-order valence-electron chi connectivity index (χ0n) is 8.15. The number of halogens is 1. The first-order valence-electron chi connectivity index (χ1n) is 4.75. The van der Waals surface area contributed by atoms with E-state index < -0.39 is 0 Å². The number of benzene rings is 2. The molecule has 2 aromatic carbocycles. The Kier molecular flexibility index (Phi) is 3.15. The molecule has 0 saturated heterocycles. The zero-order chi connectivity index (χ0) is 10.5. The summed E-state index contributed by atoms with van der Waals surface area (Å²) in [4.78, 5) is 3.20. The smallest absolute Gasteiger partial charge is 0.203 e. The van der Waals surface area contributed by atoms with Gasteiger partial charge in [0.2, 0.25) is 5.69 Å². The summed E-state index contributed by atoms with van der Waals surface area (Å²) in [5.74, 6) is 0. The van der Waals surface area contributed by atoms with Crippen LogP contribution in [0, 0.1) is 0 Å². The molecule has 0 spiro atoms. The average molecular weight is 217 g/mol. The average Bonchev–Trinajstić information content (AvgIpc) is 2.30. The highest BCUT2D eigenvalue weighted by atomic mass is 35.5. The Hall–Kier alpha value is -1.60. The highest BCUT2D eigenvalue weighted by Gasteiger charge is 1.94. The molecule has 0 unspecified atom stereocenters. The minimum Gasteiger partial charge on any atom is -0.211 e. The Bertz CT molecular complexity index is 446. The van der Waals surface area contributed by atoms with E-state index in [9.17, 15) is 0 Å². The number of hydrogen-bond acceptors (Lipinski definition) is 0. The number of hydrogen-bond donors (Lipinski definition) is 1. The third-order valence-corrected chi connectivity index (χ3v) is 2.30. The predicted octanol–water partition coefficient (Wildman–Crippen LogP) is 2.17. The van der Waals surface area contributed by atoms with Gasteiger partial charge >= 0.3 is 0 Å². The van der Waals surface area contributed by atoms with Crippen LogP contribution in [0.3, 0.4) is 0 Å². The van der Waals surface area contributed by atoms with Gasteiger partial charge in [-0.25, -0.2) is 4.99 Å². The minimum atomic E-state index is 0.750. The molecule has 1 N–H and O–H groups in total. The summed E-state index contributed by atoms with van der Waals surface area (Å²) in [6.07, 6.45) is 1.96. The molecule has 0 aliphatic carbocycles.